The number of ether oxygens (including phenoxy) is 1. The maximum Gasteiger partial charge on any atom is 0.244 e. The number of halogens is 1. The van der Waals surface area contributed by atoms with Gasteiger partial charge in [0, 0.05) is 43.6 Å². The predicted octanol–water partition coefficient (Wildman–Crippen LogP) is 2.85. The number of aliphatic imine (C=N–C) groups is 1. The van der Waals surface area contributed by atoms with Crippen LogP contribution in [0.1, 0.15) is 5.56 Å². The summed E-state index contributed by atoms with van der Waals surface area (Å²) >= 11 is 6.11. The highest BCUT2D eigenvalue weighted by atomic mass is 35.5. The van der Waals surface area contributed by atoms with Crippen molar-refractivity contribution in [3.63, 3.8) is 0 Å². The van der Waals surface area contributed by atoms with Gasteiger partial charge in [0.05, 0.1) is 32.3 Å². The van der Waals surface area contributed by atoms with E-state index in [1.807, 2.05) is 57.7 Å². The first-order valence-corrected chi connectivity index (χ1v) is 12.6. The maximum absolute atomic E-state index is 13.6. The Balaban J connectivity index is 1.51. The molecule has 1 unspecified atom stereocenters. The number of nitrogens with one attached hydrogen (secondary N) is 2. The summed E-state index contributed by atoms with van der Waals surface area (Å²) in [5, 5.41) is 9.45. The van der Waals surface area contributed by atoms with E-state index in [9.17, 15) is 9.59 Å². The highest BCUT2D eigenvalue weighted by molar-refractivity contribution is 6.30. The molecule has 0 saturated carbocycles. The van der Waals surface area contributed by atoms with Gasteiger partial charge in [-0.3, -0.25) is 19.3 Å². The molecule has 0 bridgehead atoms. The van der Waals surface area contributed by atoms with Crippen LogP contribution >= 0.6 is 11.6 Å². The van der Waals surface area contributed by atoms with Crippen LogP contribution in [0.4, 0.5) is 5.69 Å². The monoisotopic (exact) mass is 537 g/mol. The van der Waals surface area contributed by atoms with E-state index in [-0.39, 0.29) is 31.4 Å². The molecule has 38 heavy (non-hydrogen) atoms. The van der Waals surface area contributed by atoms with Crippen LogP contribution in [0.15, 0.2) is 59.9 Å². The third kappa shape index (κ3) is 6.90. The summed E-state index contributed by atoms with van der Waals surface area (Å²) in [5.74, 6) is 0.313. The Bertz CT molecular complexity index is 1340. The van der Waals surface area contributed by atoms with Gasteiger partial charge in [-0.25, -0.2) is 5.01 Å². The summed E-state index contributed by atoms with van der Waals surface area (Å²) in [4.78, 5) is 32.9. The van der Waals surface area contributed by atoms with Gasteiger partial charge in [-0.15, -0.1) is 0 Å². The van der Waals surface area contributed by atoms with Crippen LogP contribution in [0.25, 0.3) is 11.1 Å². The predicted molar refractivity (Wildman–Crippen MR) is 148 cm³/mol. The summed E-state index contributed by atoms with van der Waals surface area (Å²) in [7, 11) is 7.11. The Labute approximate surface area is 227 Å². The molecular formula is C27H32ClN7O3. The molecule has 1 atom stereocenters. The van der Waals surface area contributed by atoms with Crippen molar-refractivity contribution in [2.45, 2.75) is 6.42 Å². The van der Waals surface area contributed by atoms with Crippen LogP contribution in [-0.2, 0) is 23.1 Å². The van der Waals surface area contributed by atoms with Crippen LogP contribution in [0.2, 0.25) is 5.02 Å². The molecule has 2 amide bonds. The lowest BCUT2D eigenvalue weighted by Gasteiger charge is -2.25. The van der Waals surface area contributed by atoms with E-state index >= 15 is 0 Å². The number of hydrogen-bond donors (Lipinski definition) is 2. The van der Waals surface area contributed by atoms with Gasteiger partial charge < -0.3 is 20.4 Å². The van der Waals surface area contributed by atoms with Crippen LogP contribution in [0.3, 0.4) is 0 Å². The van der Waals surface area contributed by atoms with Crippen molar-refractivity contribution >= 4 is 34.9 Å². The van der Waals surface area contributed by atoms with Gasteiger partial charge in [0.25, 0.3) is 0 Å². The number of hydrogen-bond acceptors (Lipinski definition) is 7. The van der Waals surface area contributed by atoms with Crippen LogP contribution in [0, 0.1) is 5.92 Å². The molecular weight excluding hydrogens is 506 g/mol. The maximum atomic E-state index is 13.6. The molecule has 200 valence electrons. The number of benzene rings is 2. The van der Waals surface area contributed by atoms with E-state index in [0.29, 0.717) is 28.7 Å². The number of rotatable bonds is 8. The van der Waals surface area contributed by atoms with Crippen molar-refractivity contribution in [3.8, 4) is 16.9 Å². The third-order valence-corrected chi connectivity index (χ3v) is 6.33. The normalized spacial score (nSPS) is 15.7. The van der Waals surface area contributed by atoms with E-state index in [1.54, 1.807) is 35.1 Å². The number of carbonyl (C=O) groups excluding carboxylic acids is 2. The largest absolute Gasteiger partial charge is 0.496 e. The van der Waals surface area contributed by atoms with Crippen molar-refractivity contribution in [1.82, 2.24) is 25.1 Å². The quantitative estimate of drug-likeness (QED) is 0.428. The zero-order valence-electron chi connectivity index (χ0n) is 21.9. The van der Waals surface area contributed by atoms with Gasteiger partial charge in [-0.1, -0.05) is 29.8 Å². The molecule has 1 aliphatic rings. The van der Waals surface area contributed by atoms with Crippen molar-refractivity contribution in [1.29, 1.82) is 0 Å². The first-order chi connectivity index (χ1) is 18.2. The van der Waals surface area contributed by atoms with E-state index in [4.69, 9.17) is 16.3 Å². The highest BCUT2D eigenvalue weighted by Gasteiger charge is 2.31. The molecule has 1 aliphatic heterocycles. The zero-order chi connectivity index (χ0) is 27.2. The molecule has 3 aromatic rings. The summed E-state index contributed by atoms with van der Waals surface area (Å²) in [6, 6.07) is 12.9. The Morgan fingerprint density at radius 1 is 1.21 bits per heavy atom. The minimum absolute atomic E-state index is 0.113. The fraction of sp³-hybridized carbons (Fsp3) is 0.333. The second-order valence-electron chi connectivity index (χ2n) is 9.38. The summed E-state index contributed by atoms with van der Waals surface area (Å²) in [6.45, 7) is 0.360. The summed E-state index contributed by atoms with van der Waals surface area (Å²) < 4.78 is 7.20. The average molecular weight is 538 g/mol. The highest BCUT2D eigenvalue weighted by Crippen LogP contribution is 2.27. The van der Waals surface area contributed by atoms with Crippen LogP contribution in [-0.4, -0.2) is 78.2 Å². The molecule has 10 nitrogen and oxygen atoms in total. The molecule has 2 N–H and O–H groups in total. The first-order valence-electron chi connectivity index (χ1n) is 12.2. The van der Waals surface area contributed by atoms with Gasteiger partial charge in [0.2, 0.25) is 11.8 Å². The number of carbonyl (C=O) groups is 2. The van der Waals surface area contributed by atoms with Crippen molar-refractivity contribution in [3.05, 3.63) is 65.4 Å². The molecule has 2 heterocycles. The molecule has 0 spiro atoms. The number of hydrazine groups is 1. The van der Waals surface area contributed by atoms with Gasteiger partial charge in [0.1, 0.15) is 18.1 Å². The van der Waals surface area contributed by atoms with Gasteiger partial charge >= 0.3 is 0 Å². The Kier molecular flexibility index (Phi) is 8.65. The Morgan fingerprint density at radius 3 is 2.74 bits per heavy atom. The number of amides is 2. The number of anilines is 1. The topological polar surface area (TPSA) is 104 Å². The fourth-order valence-electron chi connectivity index (χ4n) is 4.35. The van der Waals surface area contributed by atoms with Crippen LogP contribution < -0.4 is 15.5 Å². The summed E-state index contributed by atoms with van der Waals surface area (Å²) in [5.41, 5.74) is 6.52. The van der Waals surface area contributed by atoms with Crippen molar-refractivity contribution in [2.75, 3.05) is 46.2 Å². The zero-order valence-corrected chi connectivity index (χ0v) is 22.7. The van der Waals surface area contributed by atoms with Gasteiger partial charge in [0.15, 0.2) is 0 Å². The SMILES string of the molecule is COc1cc(Cl)ccc1CC1CN=C(NN(C)C)CN(CC(=O)Nc2cccc(-c3cnn(C)c3)c2)C1=O. The molecule has 1 aromatic heterocycles. The smallest absolute Gasteiger partial charge is 0.244 e. The summed E-state index contributed by atoms with van der Waals surface area (Å²) in [6.07, 6.45) is 4.08. The Morgan fingerprint density at radius 2 is 2.03 bits per heavy atom. The molecule has 0 aliphatic carbocycles. The van der Waals surface area contributed by atoms with Crippen molar-refractivity contribution in [2.24, 2.45) is 18.0 Å². The Hall–Kier alpha value is -3.89. The molecule has 0 fully saturated rings. The fourth-order valence-corrected chi connectivity index (χ4v) is 4.52. The third-order valence-electron chi connectivity index (χ3n) is 6.09. The minimum Gasteiger partial charge on any atom is -0.496 e. The second kappa shape index (κ2) is 12.1. The van der Waals surface area contributed by atoms with Crippen LogP contribution in [0.5, 0.6) is 5.75 Å². The van der Waals surface area contributed by atoms with E-state index in [2.05, 4.69) is 20.8 Å². The molecule has 0 radical (unpaired) electrons. The second-order valence-corrected chi connectivity index (χ2v) is 9.81. The lowest BCUT2D eigenvalue weighted by Crippen LogP contribution is -2.47. The molecule has 4 rings (SSSR count). The average Bonchev–Trinajstić information content (AvgIpc) is 3.26. The van der Waals surface area contributed by atoms with Gasteiger partial charge in [-0.05, 0) is 41.8 Å². The standard InChI is InChI=1S/C27H32ClN7O3/c1-33(2)32-25-16-35(27(37)20(13-29-25)10-19-8-9-22(28)12-24(19)38-4)17-26(36)31-23-7-5-6-18(11-23)21-14-30-34(3)15-21/h5-9,11-12,14-15,20H,10,13,16-17H2,1-4H3,(H,29,32)(H,31,36). The number of aryl methyl sites for hydroxylation is 1. The number of nitrogens with zero attached hydrogens (tertiary/aromatic N) is 5. The first kappa shape index (κ1) is 27.2. The van der Waals surface area contributed by atoms with Gasteiger partial charge in [-0.2, -0.15) is 5.10 Å². The lowest BCUT2D eigenvalue weighted by atomic mass is 9.97. The molecule has 11 heteroatoms. The van der Waals surface area contributed by atoms with E-state index < -0.39 is 5.92 Å². The number of methoxy groups -OCH3 is 1. The molecule has 0 saturated heterocycles. The van der Waals surface area contributed by atoms with Crippen molar-refractivity contribution < 1.29 is 14.3 Å². The lowest BCUT2D eigenvalue weighted by molar-refractivity contribution is -0.137. The molecule has 2 aromatic carbocycles. The minimum atomic E-state index is -0.465. The number of amidine groups is 1. The van der Waals surface area contributed by atoms with E-state index in [0.717, 1.165) is 16.7 Å². The number of aromatic nitrogens is 2. The van der Waals surface area contributed by atoms with E-state index in [1.165, 1.54) is 4.90 Å².